The number of carbonyl (C=O) groups excluding carboxylic acids is 1. The van der Waals surface area contributed by atoms with Gasteiger partial charge in [0.15, 0.2) is 0 Å². The summed E-state index contributed by atoms with van der Waals surface area (Å²) in [6.45, 7) is 0.768. The number of nitrogens with one attached hydrogen (secondary N) is 1. The normalized spacial score (nSPS) is 18.2. The molecule has 0 spiro atoms. The number of nitrogens with zero attached hydrogens (tertiary/aromatic N) is 2. The van der Waals surface area contributed by atoms with Gasteiger partial charge in [-0.05, 0) is 37.1 Å². The van der Waals surface area contributed by atoms with Crippen LogP contribution in [-0.4, -0.2) is 22.5 Å². The fourth-order valence-electron chi connectivity index (χ4n) is 2.39. The maximum atomic E-state index is 12.4. The molecular weight excluding hydrogens is 294 g/mol. The monoisotopic (exact) mass is 307 g/mol. The second kappa shape index (κ2) is 5.81. The van der Waals surface area contributed by atoms with Crippen LogP contribution >= 0.6 is 22.9 Å². The summed E-state index contributed by atoms with van der Waals surface area (Å²) >= 11 is 7.44. The largest absolute Gasteiger partial charge is 0.322 e. The smallest absolute Gasteiger partial charge is 0.315 e. The van der Waals surface area contributed by atoms with E-state index in [2.05, 4.69) is 10.3 Å². The fraction of sp³-hybridized carbons (Fsp3) is 0.286. The lowest BCUT2D eigenvalue weighted by Crippen LogP contribution is -2.34. The lowest BCUT2D eigenvalue weighted by Gasteiger charge is -2.23. The first-order valence-corrected chi connectivity index (χ1v) is 7.72. The quantitative estimate of drug-likeness (QED) is 0.905. The number of aromatic nitrogens is 1. The van der Waals surface area contributed by atoms with Crippen molar-refractivity contribution >= 4 is 34.7 Å². The first-order valence-electron chi connectivity index (χ1n) is 6.46. The number of benzene rings is 1. The van der Waals surface area contributed by atoms with Gasteiger partial charge in [-0.2, -0.15) is 0 Å². The number of halogens is 1. The van der Waals surface area contributed by atoms with E-state index >= 15 is 0 Å². The molecule has 1 aliphatic heterocycles. The molecule has 2 aromatic rings. The van der Waals surface area contributed by atoms with Crippen LogP contribution in [0.4, 0.5) is 10.5 Å². The highest BCUT2D eigenvalue weighted by atomic mass is 35.5. The van der Waals surface area contributed by atoms with Crippen molar-refractivity contribution in [2.24, 2.45) is 0 Å². The van der Waals surface area contributed by atoms with Crippen molar-refractivity contribution < 1.29 is 4.79 Å². The molecule has 0 saturated carbocycles. The number of hydrogen-bond donors (Lipinski definition) is 1. The Morgan fingerprint density at radius 1 is 1.40 bits per heavy atom. The van der Waals surface area contributed by atoms with Crippen LogP contribution in [0.5, 0.6) is 0 Å². The van der Waals surface area contributed by atoms with E-state index in [4.69, 9.17) is 11.6 Å². The number of anilines is 1. The molecule has 4 nitrogen and oxygen atoms in total. The van der Waals surface area contributed by atoms with E-state index in [0.717, 1.165) is 30.1 Å². The van der Waals surface area contributed by atoms with E-state index in [1.165, 1.54) is 0 Å². The summed E-state index contributed by atoms with van der Waals surface area (Å²) in [5.41, 5.74) is 0.754. The Bertz CT molecular complexity index is 585. The number of hydrogen-bond acceptors (Lipinski definition) is 3. The molecular formula is C14H14ClN3OS. The topological polar surface area (TPSA) is 45.2 Å². The van der Waals surface area contributed by atoms with Gasteiger partial charge in [0.1, 0.15) is 5.01 Å². The predicted octanol–water partition coefficient (Wildman–Crippen LogP) is 4.17. The molecule has 2 heterocycles. The molecule has 1 atom stereocenters. The van der Waals surface area contributed by atoms with E-state index in [-0.39, 0.29) is 12.1 Å². The average molecular weight is 308 g/mol. The van der Waals surface area contributed by atoms with Gasteiger partial charge >= 0.3 is 6.03 Å². The van der Waals surface area contributed by atoms with Gasteiger partial charge in [-0.3, -0.25) is 0 Å². The molecule has 1 fully saturated rings. The zero-order valence-corrected chi connectivity index (χ0v) is 12.3. The van der Waals surface area contributed by atoms with Crippen molar-refractivity contribution in [1.82, 2.24) is 9.88 Å². The van der Waals surface area contributed by atoms with Gasteiger partial charge in [0.2, 0.25) is 0 Å². The number of carbonyl (C=O) groups is 1. The molecule has 1 saturated heterocycles. The number of amides is 2. The third-order valence-electron chi connectivity index (χ3n) is 3.35. The van der Waals surface area contributed by atoms with Crippen LogP contribution in [0.2, 0.25) is 5.02 Å². The summed E-state index contributed by atoms with van der Waals surface area (Å²) in [6, 6.07) is 7.15. The zero-order valence-electron chi connectivity index (χ0n) is 10.8. The van der Waals surface area contributed by atoms with E-state index < -0.39 is 0 Å². The second-order valence-electron chi connectivity index (χ2n) is 4.66. The van der Waals surface area contributed by atoms with Gasteiger partial charge in [0.25, 0.3) is 0 Å². The summed E-state index contributed by atoms with van der Waals surface area (Å²) in [5.74, 6) is 0. The van der Waals surface area contributed by atoms with Crippen molar-refractivity contribution in [2.75, 3.05) is 11.9 Å². The second-order valence-corrected chi connectivity index (χ2v) is 6.02. The van der Waals surface area contributed by atoms with Crippen LogP contribution in [0.25, 0.3) is 0 Å². The molecule has 0 aliphatic carbocycles. The SMILES string of the molecule is O=C(Nc1ccc(Cl)cc1)N1CCCC1c1nccs1. The molecule has 104 valence electrons. The zero-order chi connectivity index (χ0) is 13.9. The lowest BCUT2D eigenvalue weighted by atomic mass is 10.2. The molecule has 1 aromatic carbocycles. The molecule has 3 rings (SSSR count). The van der Waals surface area contributed by atoms with E-state index in [9.17, 15) is 4.79 Å². The van der Waals surface area contributed by atoms with Crippen molar-refractivity contribution in [3.63, 3.8) is 0 Å². The van der Waals surface area contributed by atoms with E-state index in [1.807, 2.05) is 10.3 Å². The Morgan fingerprint density at radius 3 is 2.90 bits per heavy atom. The van der Waals surface area contributed by atoms with Gasteiger partial charge in [-0.25, -0.2) is 9.78 Å². The van der Waals surface area contributed by atoms with Crippen LogP contribution in [0.1, 0.15) is 23.9 Å². The van der Waals surface area contributed by atoms with Crippen LogP contribution < -0.4 is 5.32 Å². The first-order chi connectivity index (χ1) is 9.74. The maximum Gasteiger partial charge on any atom is 0.322 e. The maximum absolute atomic E-state index is 12.4. The van der Waals surface area contributed by atoms with Gasteiger partial charge in [-0.15, -0.1) is 11.3 Å². The minimum Gasteiger partial charge on any atom is -0.315 e. The van der Waals surface area contributed by atoms with Crippen LogP contribution in [0.15, 0.2) is 35.8 Å². The highest BCUT2D eigenvalue weighted by Gasteiger charge is 2.31. The summed E-state index contributed by atoms with van der Waals surface area (Å²) in [4.78, 5) is 18.5. The Hall–Kier alpha value is -1.59. The Morgan fingerprint density at radius 2 is 2.20 bits per heavy atom. The number of likely N-dealkylation sites (tertiary alicyclic amines) is 1. The molecule has 2 amide bonds. The Kier molecular flexibility index (Phi) is 3.89. The number of rotatable bonds is 2. The van der Waals surface area contributed by atoms with Gasteiger partial charge in [-0.1, -0.05) is 11.6 Å². The molecule has 6 heteroatoms. The summed E-state index contributed by atoms with van der Waals surface area (Å²) in [6.07, 6.45) is 3.77. The standard InChI is InChI=1S/C14H14ClN3OS/c15-10-3-5-11(6-4-10)17-14(19)18-8-1-2-12(18)13-16-7-9-20-13/h3-7,9,12H,1-2,8H2,(H,17,19). The first kappa shape index (κ1) is 13.4. The van der Waals surface area contributed by atoms with Crippen molar-refractivity contribution in [3.8, 4) is 0 Å². The van der Waals surface area contributed by atoms with E-state index in [1.54, 1.807) is 41.8 Å². The number of thiazole rings is 1. The van der Waals surface area contributed by atoms with Crippen molar-refractivity contribution in [1.29, 1.82) is 0 Å². The molecule has 0 bridgehead atoms. The van der Waals surface area contributed by atoms with Crippen LogP contribution in [0, 0.1) is 0 Å². The van der Waals surface area contributed by atoms with Crippen molar-refractivity contribution in [3.05, 3.63) is 45.9 Å². The van der Waals surface area contributed by atoms with E-state index in [0.29, 0.717) is 5.02 Å². The third-order valence-corrected chi connectivity index (χ3v) is 4.47. The highest BCUT2D eigenvalue weighted by Crippen LogP contribution is 2.33. The Balaban J connectivity index is 1.71. The minimum atomic E-state index is -0.0787. The summed E-state index contributed by atoms with van der Waals surface area (Å²) < 4.78 is 0. The van der Waals surface area contributed by atoms with Gasteiger partial charge < -0.3 is 10.2 Å². The Labute approximate surface area is 126 Å². The summed E-state index contributed by atoms with van der Waals surface area (Å²) in [5, 5.41) is 6.52. The van der Waals surface area contributed by atoms with Gasteiger partial charge in [0, 0.05) is 28.8 Å². The van der Waals surface area contributed by atoms with Crippen molar-refractivity contribution in [2.45, 2.75) is 18.9 Å². The molecule has 1 aromatic heterocycles. The molecule has 1 aliphatic rings. The molecule has 1 unspecified atom stereocenters. The lowest BCUT2D eigenvalue weighted by molar-refractivity contribution is 0.207. The minimum absolute atomic E-state index is 0.0787. The summed E-state index contributed by atoms with van der Waals surface area (Å²) in [7, 11) is 0. The highest BCUT2D eigenvalue weighted by molar-refractivity contribution is 7.09. The molecule has 0 radical (unpaired) electrons. The average Bonchev–Trinajstić information content (AvgIpc) is 3.11. The fourth-order valence-corrected chi connectivity index (χ4v) is 3.31. The van der Waals surface area contributed by atoms with Crippen LogP contribution in [-0.2, 0) is 0 Å². The molecule has 20 heavy (non-hydrogen) atoms. The van der Waals surface area contributed by atoms with Crippen LogP contribution in [0.3, 0.4) is 0 Å². The molecule has 1 N–H and O–H groups in total. The predicted molar refractivity (Wildman–Crippen MR) is 81.3 cm³/mol. The van der Waals surface area contributed by atoms with Gasteiger partial charge in [0.05, 0.1) is 6.04 Å². The third kappa shape index (κ3) is 2.78. The number of urea groups is 1.